The third-order valence-corrected chi connectivity index (χ3v) is 3.06. The fraction of sp³-hybridized carbons (Fsp3) is 0.500. The van der Waals surface area contributed by atoms with Crippen molar-refractivity contribution in [3.05, 3.63) is 27.9 Å². The summed E-state index contributed by atoms with van der Waals surface area (Å²) >= 11 is 0. The lowest BCUT2D eigenvalue weighted by atomic mass is 10.1. The standard InChI is InChI=1S/C12H17N3O5/c1-12(2,7-16)14(3)10-9(15(18)19)6-5-8(13-10)11(17)20-4/h5-6,16H,7H2,1-4H3. The Morgan fingerprint density at radius 2 is 2.15 bits per heavy atom. The number of methoxy groups -OCH3 is 1. The first-order chi connectivity index (χ1) is 9.24. The summed E-state index contributed by atoms with van der Waals surface area (Å²) in [6, 6.07) is 2.42. The zero-order valence-electron chi connectivity index (χ0n) is 11.8. The molecule has 0 bridgehead atoms. The zero-order valence-corrected chi connectivity index (χ0v) is 11.8. The van der Waals surface area contributed by atoms with E-state index < -0.39 is 16.4 Å². The fourth-order valence-corrected chi connectivity index (χ4v) is 1.44. The van der Waals surface area contributed by atoms with Gasteiger partial charge in [-0.25, -0.2) is 9.78 Å². The molecule has 1 aromatic heterocycles. The minimum absolute atomic E-state index is 0.00282. The van der Waals surface area contributed by atoms with E-state index in [1.165, 1.54) is 24.1 Å². The molecule has 1 N–H and O–H groups in total. The number of hydrogen-bond acceptors (Lipinski definition) is 7. The molecule has 0 amide bonds. The highest BCUT2D eigenvalue weighted by atomic mass is 16.6. The molecular formula is C12H17N3O5. The predicted molar refractivity (Wildman–Crippen MR) is 71.8 cm³/mol. The monoisotopic (exact) mass is 283 g/mol. The van der Waals surface area contributed by atoms with E-state index in [1.807, 2.05) is 0 Å². The second-order valence-electron chi connectivity index (χ2n) is 4.82. The lowest BCUT2D eigenvalue weighted by Gasteiger charge is -2.34. The molecule has 0 radical (unpaired) electrons. The van der Waals surface area contributed by atoms with Crippen molar-refractivity contribution in [2.75, 3.05) is 25.7 Å². The van der Waals surface area contributed by atoms with Gasteiger partial charge in [0.1, 0.15) is 0 Å². The molecule has 0 aromatic carbocycles. The van der Waals surface area contributed by atoms with Crippen LogP contribution in [0.3, 0.4) is 0 Å². The average Bonchev–Trinajstić information content (AvgIpc) is 2.44. The molecule has 0 atom stereocenters. The van der Waals surface area contributed by atoms with Gasteiger partial charge in [-0.1, -0.05) is 0 Å². The SMILES string of the molecule is COC(=O)c1ccc([N+](=O)[O-])c(N(C)C(C)(C)CO)n1. The number of aromatic nitrogens is 1. The van der Waals surface area contributed by atoms with Gasteiger partial charge in [-0.3, -0.25) is 10.1 Å². The molecule has 110 valence electrons. The van der Waals surface area contributed by atoms with Crippen LogP contribution in [0.15, 0.2) is 12.1 Å². The van der Waals surface area contributed by atoms with E-state index in [4.69, 9.17) is 0 Å². The zero-order chi connectivity index (χ0) is 15.5. The van der Waals surface area contributed by atoms with E-state index in [0.717, 1.165) is 0 Å². The van der Waals surface area contributed by atoms with Gasteiger partial charge in [-0.2, -0.15) is 0 Å². The molecule has 0 spiro atoms. The molecule has 0 saturated heterocycles. The van der Waals surface area contributed by atoms with Crippen LogP contribution >= 0.6 is 0 Å². The second kappa shape index (κ2) is 5.83. The number of rotatable bonds is 5. The maximum atomic E-state index is 11.5. The molecule has 1 aromatic rings. The molecule has 8 heteroatoms. The Kier molecular flexibility index (Phi) is 4.61. The van der Waals surface area contributed by atoms with Crippen molar-refractivity contribution in [1.82, 2.24) is 4.98 Å². The van der Waals surface area contributed by atoms with Gasteiger partial charge in [0, 0.05) is 13.1 Å². The lowest BCUT2D eigenvalue weighted by Crippen LogP contribution is -2.45. The molecule has 0 aliphatic heterocycles. The Morgan fingerprint density at radius 3 is 2.60 bits per heavy atom. The van der Waals surface area contributed by atoms with Gasteiger partial charge in [-0.15, -0.1) is 0 Å². The van der Waals surface area contributed by atoms with Crippen molar-refractivity contribution >= 4 is 17.5 Å². The van der Waals surface area contributed by atoms with E-state index in [0.29, 0.717) is 0 Å². The molecule has 20 heavy (non-hydrogen) atoms. The number of carbonyl (C=O) groups is 1. The van der Waals surface area contributed by atoms with E-state index in [9.17, 15) is 20.0 Å². The van der Waals surface area contributed by atoms with Gasteiger partial charge in [0.2, 0.25) is 5.82 Å². The van der Waals surface area contributed by atoms with Crippen LogP contribution in [-0.4, -0.2) is 47.3 Å². The van der Waals surface area contributed by atoms with Gasteiger partial charge < -0.3 is 14.7 Å². The van der Waals surface area contributed by atoms with Crippen molar-refractivity contribution in [3.8, 4) is 0 Å². The second-order valence-corrected chi connectivity index (χ2v) is 4.82. The lowest BCUT2D eigenvalue weighted by molar-refractivity contribution is -0.384. The summed E-state index contributed by atoms with van der Waals surface area (Å²) in [6.45, 7) is 3.16. The minimum atomic E-state index is -0.771. The van der Waals surface area contributed by atoms with E-state index in [2.05, 4.69) is 9.72 Å². The summed E-state index contributed by atoms with van der Waals surface area (Å²) in [4.78, 5) is 27.4. The maximum absolute atomic E-state index is 11.5. The molecule has 0 saturated carbocycles. The molecule has 0 unspecified atom stereocenters. The maximum Gasteiger partial charge on any atom is 0.356 e. The van der Waals surface area contributed by atoms with Crippen LogP contribution in [0.2, 0.25) is 0 Å². The number of nitro groups is 1. The number of esters is 1. The van der Waals surface area contributed by atoms with E-state index in [-0.39, 0.29) is 23.8 Å². The van der Waals surface area contributed by atoms with Crippen molar-refractivity contribution in [2.24, 2.45) is 0 Å². The number of aliphatic hydroxyl groups excluding tert-OH is 1. The number of carbonyl (C=O) groups excluding carboxylic acids is 1. The molecular weight excluding hydrogens is 266 g/mol. The summed E-state index contributed by atoms with van der Waals surface area (Å²) < 4.78 is 4.54. The third kappa shape index (κ3) is 3.02. The van der Waals surface area contributed by atoms with Gasteiger partial charge in [0.05, 0.1) is 24.2 Å². The Labute approximate surface area is 116 Å². The van der Waals surface area contributed by atoms with Crippen LogP contribution in [0.1, 0.15) is 24.3 Å². The minimum Gasteiger partial charge on any atom is -0.464 e. The van der Waals surface area contributed by atoms with Crippen LogP contribution < -0.4 is 4.90 Å². The fourth-order valence-electron chi connectivity index (χ4n) is 1.44. The van der Waals surface area contributed by atoms with E-state index >= 15 is 0 Å². The third-order valence-electron chi connectivity index (χ3n) is 3.06. The highest BCUT2D eigenvalue weighted by Crippen LogP contribution is 2.30. The van der Waals surface area contributed by atoms with Gasteiger partial charge in [0.25, 0.3) is 0 Å². The Hall–Kier alpha value is -2.22. The molecule has 0 aliphatic rings. The normalized spacial score (nSPS) is 11.1. The number of anilines is 1. The summed E-state index contributed by atoms with van der Waals surface area (Å²) in [5, 5.41) is 20.4. The summed E-state index contributed by atoms with van der Waals surface area (Å²) in [6.07, 6.45) is 0. The first-order valence-corrected chi connectivity index (χ1v) is 5.83. The molecule has 1 heterocycles. The molecule has 0 aliphatic carbocycles. The van der Waals surface area contributed by atoms with Crippen LogP contribution in [0.25, 0.3) is 0 Å². The van der Waals surface area contributed by atoms with Crippen LogP contribution in [0.5, 0.6) is 0 Å². The van der Waals surface area contributed by atoms with Gasteiger partial charge >= 0.3 is 11.7 Å². The Balaban J connectivity index is 3.40. The quantitative estimate of drug-likeness (QED) is 0.487. The first kappa shape index (κ1) is 15.8. The summed E-state index contributed by atoms with van der Waals surface area (Å²) in [7, 11) is 2.76. The van der Waals surface area contributed by atoms with Crippen LogP contribution in [-0.2, 0) is 4.74 Å². The van der Waals surface area contributed by atoms with Crippen molar-refractivity contribution in [2.45, 2.75) is 19.4 Å². The number of nitrogens with zero attached hydrogens (tertiary/aromatic N) is 3. The molecule has 8 nitrogen and oxygen atoms in total. The first-order valence-electron chi connectivity index (χ1n) is 5.83. The van der Waals surface area contributed by atoms with Crippen LogP contribution in [0.4, 0.5) is 11.5 Å². The highest BCUT2D eigenvalue weighted by Gasteiger charge is 2.30. The average molecular weight is 283 g/mol. The summed E-state index contributed by atoms with van der Waals surface area (Å²) in [5.74, 6) is -0.687. The number of aliphatic hydroxyl groups is 1. The highest BCUT2D eigenvalue weighted by molar-refractivity contribution is 5.88. The Morgan fingerprint density at radius 1 is 1.55 bits per heavy atom. The molecule has 0 fully saturated rings. The summed E-state index contributed by atoms with van der Waals surface area (Å²) in [5.41, 5.74) is -1.05. The predicted octanol–water partition coefficient (Wildman–Crippen LogP) is 0.983. The van der Waals surface area contributed by atoms with Crippen molar-refractivity contribution in [3.63, 3.8) is 0 Å². The van der Waals surface area contributed by atoms with Gasteiger partial charge in [0.15, 0.2) is 5.69 Å². The topological polar surface area (TPSA) is 106 Å². The van der Waals surface area contributed by atoms with E-state index in [1.54, 1.807) is 20.9 Å². The van der Waals surface area contributed by atoms with Gasteiger partial charge in [-0.05, 0) is 19.9 Å². The number of hydrogen-bond donors (Lipinski definition) is 1. The number of ether oxygens (including phenoxy) is 1. The molecule has 1 rings (SSSR count). The van der Waals surface area contributed by atoms with Crippen LogP contribution in [0, 0.1) is 10.1 Å². The van der Waals surface area contributed by atoms with Crippen molar-refractivity contribution in [1.29, 1.82) is 0 Å². The number of likely N-dealkylation sites (N-methyl/N-ethyl adjacent to an activating group) is 1. The largest absolute Gasteiger partial charge is 0.464 e. The van der Waals surface area contributed by atoms with Crippen molar-refractivity contribution < 1.29 is 19.6 Å². The Bertz CT molecular complexity index is 530. The smallest absolute Gasteiger partial charge is 0.356 e. The number of pyridine rings is 1.